The molecule has 1 heterocycles. The van der Waals surface area contributed by atoms with E-state index in [9.17, 15) is 5.11 Å². The molecule has 0 aromatic rings. The van der Waals surface area contributed by atoms with Crippen LogP contribution in [0.15, 0.2) is 0 Å². The van der Waals surface area contributed by atoms with E-state index in [1.165, 1.54) is 12.8 Å². The number of aliphatic hydroxyl groups is 1. The lowest BCUT2D eigenvalue weighted by atomic mass is 9.86. The van der Waals surface area contributed by atoms with Crippen LogP contribution in [0.1, 0.15) is 25.7 Å². The lowest BCUT2D eigenvalue weighted by Gasteiger charge is -2.39. The summed E-state index contributed by atoms with van der Waals surface area (Å²) < 4.78 is 10.5. The van der Waals surface area contributed by atoms with Gasteiger partial charge in [-0.15, -0.1) is 0 Å². The fourth-order valence-corrected chi connectivity index (χ4v) is 2.10. The van der Waals surface area contributed by atoms with E-state index in [1.807, 2.05) is 0 Å². The van der Waals surface area contributed by atoms with Crippen molar-refractivity contribution in [3.05, 3.63) is 0 Å². The minimum absolute atomic E-state index is 0.123. The second-order valence-corrected chi connectivity index (χ2v) is 4.30. The van der Waals surface area contributed by atoms with Crippen LogP contribution in [0.25, 0.3) is 0 Å². The lowest BCUT2D eigenvalue weighted by molar-refractivity contribution is -0.169. The molecule has 0 bridgehead atoms. The van der Waals surface area contributed by atoms with Gasteiger partial charge < -0.3 is 14.6 Å². The summed E-state index contributed by atoms with van der Waals surface area (Å²) in [7, 11) is 1.65. The van der Waals surface area contributed by atoms with Gasteiger partial charge in [0.05, 0.1) is 12.2 Å². The van der Waals surface area contributed by atoms with Crippen molar-refractivity contribution < 1.29 is 14.6 Å². The first kappa shape index (κ1) is 9.44. The molecular weight excluding hydrogens is 168 g/mol. The smallest absolute Gasteiger partial charge is 0.109 e. The minimum Gasteiger partial charge on any atom is -0.387 e. The molecule has 2 unspecified atom stereocenters. The quantitative estimate of drug-likeness (QED) is 0.713. The van der Waals surface area contributed by atoms with Crippen LogP contribution >= 0.6 is 0 Å². The summed E-state index contributed by atoms with van der Waals surface area (Å²) in [6.07, 6.45) is 4.05. The Morgan fingerprint density at radius 3 is 2.92 bits per heavy atom. The van der Waals surface area contributed by atoms with Crippen molar-refractivity contribution in [2.75, 3.05) is 20.3 Å². The highest BCUT2D eigenvalue weighted by Gasteiger charge is 2.43. The van der Waals surface area contributed by atoms with E-state index in [2.05, 4.69) is 0 Å². The molecule has 3 heteroatoms. The maximum atomic E-state index is 10.3. The van der Waals surface area contributed by atoms with Crippen molar-refractivity contribution in [1.82, 2.24) is 0 Å². The van der Waals surface area contributed by atoms with Crippen molar-refractivity contribution in [1.29, 1.82) is 0 Å². The first-order valence-corrected chi connectivity index (χ1v) is 5.07. The zero-order valence-corrected chi connectivity index (χ0v) is 8.16. The summed E-state index contributed by atoms with van der Waals surface area (Å²) in [5.74, 6) is 0.737. The zero-order valence-electron chi connectivity index (χ0n) is 8.16. The first-order chi connectivity index (χ1) is 6.24. The van der Waals surface area contributed by atoms with Crippen molar-refractivity contribution >= 4 is 0 Å². The summed E-state index contributed by atoms with van der Waals surface area (Å²) >= 11 is 0. The molecule has 1 saturated carbocycles. The Kier molecular flexibility index (Phi) is 2.58. The maximum absolute atomic E-state index is 10.3. The molecule has 3 nitrogen and oxygen atoms in total. The Labute approximate surface area is 79.0 Å². The van der Waals surface area contributed by atoms with Gasteiger partial charge in [-0.2, -0.15) is 0 Å². The molecule has 76 valence electrons. The van der Waals surface area contributed by atoms with Gasteiger partial charge in [-0.05, 0) is 12.3 Å². The van der Waals surface area contributed by atoms with Gasteiger partial charge in [0.1, 0.15) is 6.10 Å². The fourth-order valence-electron chi connectivity index (χ4n) is 2.10. The highest BCUT2D eigenvalue weighted by Crippen LogP contribution is 2.40. The van der Waals surface area contributed by atoms with E-state index in [-0.39, 0.29) is 6.10 Å². The van der Waals surface area contributed by atoms with Crippen molar-refractivity contribution in [3.8, 4) is 0 Å². The summed E-state index contributed by atoms with van der Waals surface area (Å²) in [4.78, 5) is 0. The number of ether oxygens (including phenoxy) is 2. The molecule has 1 N–H and O–H groups in total. The van der Waals surface area contributed by atoms with Crippen LogP contribution in [0, 0.1) is 5.92 Å². The molecule has 1 aliphatic carbocycles. The largest absolute Gasteiger partial charge is 0.387 e. The number of methoxy groups -OCH3 is 1. The molecule has 1 aliphatic heterocycles. The van der Waals surface area contributed by atoms with Crippen LogP contribution in [0.3, 0.4) is 0 Å². The first-order valence-electron chi connectivity index (χ1n) is 5.07. The zero-order chi connectivity index (χ0) is 9.31. The van der Waals surface area contributed by atoms with Gasteiger partial charge in [0.2, 0.25) is 0 Å². The normalized spacial score (nSPS) is 40.6. The van der Waals surface area contributed by atoms with Crippen molar-refractivity contribution in [2.45, 2.75) is 37.4 Å². The van der Waals surface area contributed by atoms with Gasteiger partial charge in [-0.25, -0.2) is 0 Å². The molecule has 13 heavy (non-hydrogen) atoms. The predicted molar refractivity (Wildman–Crippen MR) is 48.5 cm³/mol. The third-order valence-corrected chi connectivity index (χ3v) is 3.17. The van der Waals surface area contributed by atoms with Crippen LogP contribution < -0.4 is 0 Å². The topological polar surface area (TPSA) is 38.7 Å². The summed E-state index contributed by atoms with van der Waals surface area (Å²) in [5, 5.41) is 10.3. The van der Waals surface area contributed by atoms with Crippen LogP contribution in [0.2, 0.25) is 0 Å². The molecule has 2 aliphatic rings. The molecule has 2 rings (SSSR count). The van der Waals surface area contributed by atoms with Gasteiger partial charge >= 0.3 is 0 Å². The van der Waals surface area contributed by atoms with Crippen LogP contribution in [0.5, 0.6) is 0 Å². The Morgan fingerprint density at radius 1 is 1.54 bits per heavy atom. The standard InChI is InChI=1S/C10H18O3/c1-12-9-7-13-5-4-10(9,11)6-8-2-3-8/h8-9,11H,2-7H2,1H3. The van der Waals surface area contributed by atoms with E-state index in [0.717, 1.165) is 18.8 Å². The average molecular weight is 186 g/mol. The van der Waals surface area contributed by atoms with Crippen LogP contribution in [-0.4, -0.2) is 37.1 Å². The molecular formula is C10H18O3. The molecule has 0 aromatic heterocycles. The molecule has 2 fully saturated rings. The third-order valence-electron chi connectivity index (χ3n) is 3.17. The molecule has 0 spiro atoms. The molecule has 1 saturated heterocycles. The SMILES string of the molecule is COC1COCCC1(O)CC1CC1. The Morgan fingerprint density at radius 2 is 2.31 bits per heavy atom. The minimum atomic E-state index is -0.617. The van der Waals surface area contributed by atoms with E-state index in [0.29, 0.717) is 13.2 Å². The maximum Gasteiger partial charge on any atom is 0.109 e. The molecule has 0 radical (unpaired) electrons. The Balaban J connectivity index is 1.96. The van der Waals surface area contributed by atoms with Gasteiger partial charge in [-0.3, -0.25) is 0 Å². The molecule has 0 aromatic carbocycles. The second kappa shape index (κ2) is 3.56. The van der Waals surface area contributed by atoms with Gasteiger partial charge in [-0.1, -0.05) is 12.8 Å². The fraction of sp³-hybridized carbons (Fsp3) is 1.00. The third kappa shape index (κ3) is 2.03. The average Bonchev–Trinajstić information content (AvgIpc) is 2.88. The van der Waals surface area contributed by atoms with Crippen LogP contribution in [0.4, 0.5) is 0 Å². The second-order valence-electron chi connectivity index (χ2n) is 4.30. The summed E-state index contributed by atoms with van der Waals surface area (Å²) in [6.45, 7) is 1.21. The van der Waals surface area contributed by atoms with E-state index in [1.54, 1.807) is 7.11 Å². The summed E-state index contributed by atoms with van der Waals surface area (Å²) in [6, 6.07) is 0. The van der Waals surface area contributed by atoms with Crippen LogP contribution in [-0.2, 0) is 9.47 Å². The number of hydrogen-bond acceptors (Lipinski definition) is 3. The number of hydrogen-bond donors (Lipinski definition) is 1. The Bertz CT molecular complexity index is 179. The summed E-state index contributed by atoms with van der Waals surface area (Å²) in [5.41, 5.74) is -0.617. The molecule has 0 amide bonds. The van der Waals surface area contributed by atoms with Gasteiger partial charge in [0, 0.05) is 20.1 Å². The van der Waals surface area contributed by atoms with E-state index in [4.69, 9.17) is 9.47 Å². The number of rotatable bonds is 3. The molecule has 2 atom stereocenters. The van der Waals surface area contributed by atoms with Gasteiger partial charge in [0.25, 0.3) is 0 Å². The highest BCUT2D eigenvalue weighted by atomic mass is 16.5. The monoisotopic (exact) mass is 186 g/mol. The van der Waals surface area contributed by atoms with Gasteiger partial charge in [0.15, 0.2) is 0 Å². The predicted octanol–water partition coefficient (Wildman–Crippen LogP) is 0.953. The highest BCUT2D eigenvalue weighted by molar-refractivity contribution is 4.94. The lowest BCUT2D eigenvalue weighted by Crippen LogP contribution is -2.50. The Hall–Kier alpha value is -0.120. The van der Waals surface area contributed by atoms with E-state index >= 15 is 0 Å². The van der Waals surface area contributed by atoms with E-state index < -0.39 is 5.60 Å². The van der Waals surface area contributed by atoms with Crippen molar-refractivity contribution in [2.24, 2.45) is 5.92 Å². The van der Waals surface area contributed by atoms with Crippen molar-refractivity contribution in [3.63, 3.8) is 0 Å².